The first-order valence-electron chi connectivity index (χ1n) is 3.53. The van der Waals surface area contributed by atoms with Crippen LogP contribution < -0.4 is 0 Å². The fourth-order valence-corrected chi connectivity index (χ4v) is 0.866. The van der Waals surface area contributed by atoms with Crippen molar-refractivity contribution in [1.82, 2.24) is 25.0 Å². The average molecular weight is 175 g/mol. The van der Waals surface area contributed by atoms with E-state index in [9.17, 15) is 4.79 Å². The third-order valence-electron chi connectivity index (χ3n) is 1.44. The molecule has 0 spiro atoms. The van der Waals surface area contributed by atoms with Gasteiger partial charge < -0.3 is 0 Å². The van der Waals surface area contributed by atoms with E-state index in [4.69, 9.17) is 0 Å². The van der Waals surface area contributed by atoms with Crippen LogP contribution in [0.4, 0.5) is 0 Å². The number of hydrogen-bond donors (Lipinski definition) is 0. The maximum Gasteiger partial charge on any atom is 0.171 e. The third-order valence-corrected chi connectivity index (χ3v) is 1.44. The van der Waals surface area contributed by atoms with Gasteiger partial charge >= 0.3 is 0 Å². The lowest BCUT2D eigenvalue weighted by atomic mass is 10.5. The maximum absolute atomic E-state index is 10.3. The fourth-order valence-electron chi connectivity index (χ4n) is 0.866. The van der Waals surface area contributed by atoms with Crippen molar-refractivity contribution in [3.8, 4) is 5.69 Å². The van der Waals surface area contributed by atoms with E-state index in [1.165, 1.54) is 17.2 Å². The number of hydrogen-bond acceptors (Lipinski definition) is 5. The van der Waals surface area contributed by atoms with Gasteiger partial charge in [0.1, 0.15) is 17.7 Å². The van der Waals surface area contributed by atoms with Crippen LogP contribution >= 0.6 is 0 Å². The molecule has 0 saturated carbocycles. The average Bonchev–Trinajstić information content (AvgIpc) is 2.67. The van der Waals surface area contributed by atoms with Gasteiger partial charge in [-0.15, -0.1) is 5.10 Å². The normalized spacial score (nSPS) is 9.85. The van der Waals surface area contributed by atoms with Crippen LogP contribution in [0, 0.1) is 0 Å². The van der Waals surface area contributed by atoms with Gasteiger partial charge in [-0.05, 0) is 0 Å². The molecular weight excluding hydrogens is 170 g/mol. The second kappa shape index (κ2) is 3.10. The number of carbonyl (C=O) groups excluding carboxylic acids is 1. The van der Waals surface area contributed by atoms with E-state index in [-0.39, 0.29) is 5.69 Å². The SMILES string of the molecule is O=Cc1cn(-c2cncnc2)nn1. The first-order chi connectivity index (χ1) is 6.40. The Hall–Kier alpha value is -2.11. The summed E-state index contributed by atoms with van der Waals surface area (Å²) in [5, 5.41) is 7.31. The molecule has 6 nitrogen and oxygen atoms in total. The number of nitrogens with zero attached hydrogens (tertiary/aromatic N) is 5. The van der Waals surface area contributed by atoms with E-state index in [0.717, 1.165) is 0 Å². The highest BCUT2D eigenvalue weighted by Crippen LogP contribution is 2.00. The monoisotopic (exact) mass is 175 g/mol. The molecule has 0 aromatic carbocycles. The summed E-state index contributed by atoms with van der Waals surface area (Å²) in [6.07, 6.45) is 6.71. The van der Waals surface area contributed by atoms with Gasteiger partial charge in [0.2, 0.25) is 0 Å². The Morgan fingerprint density at radius 1 is 1.31 bits per heavy atom. The number of carbonyl (C=O) groups is 1. The van der Waals surface area contributed by atoms with Crippen molar-refractivity contribution in [2.75, 3.05) is 0 Å². The quantitative estimate of drug-likeness (QED) is 0.594. The van der Waals surface area contributed by atoms with Crippen LogP contribution in [0.5, 0.6) is 0 Å². The van der Waals surface area contributed by atoms with E-state index >= 15 is 0 Å². The number of aldehydes is 1. The molecule has 0 atom stereocenters. The van der Waals surface area contributed by atoms with E-state index in [2.05, 4.69) is 20.3 Å². The molecule has 0 aliphatic rings. The Bertz CT molecular complexity index is 410. The summed E-state index contributed by atoms with van der Waals surface area (Å²) < 4.78 is 1.43. The van der Waals surface area contributed by atoms with Gasteiger partial charge in [0.05, 0.1) is 18.6 Å². The lowest BCUT2D eigenvalue weighted by molar-refractivity contribution is 0.111. The Morgan fingerprint density at radius 2 is 2.08 bits per heavy atom. The highest BCUT2D eigenvalue weighted by molar-refractivity contribution is 5.70. The van der Waals surface area contributed by atoms with Crippen LogP contribution in [0.25, 0.3) is 5.69 Å². The Balaban J connectivity index is 2.41. The third kappa shape index (κ3) is 1.41. The zero-order chi connectivity index (χ0) is 9.10. The van der Waals surface area contributed by atoms with Gasteiger partial charge in [-0.2, -0.15) is 0 Å². The first-order valence-corrected chi connectivity index (χ1v) is 3.53. The van der Waals surface area contributed by atoms with Crippen molar-refractivity contribution in [1.29, 1.82) is 0 Å². The highest BCUT2D eigenvalue weighted by atomic mass is 16.1. The van der Waals surface area contributed by atoms with Crippen LogP contribution in [0.3, 0.4) is 0 Å². The molecule has 2 heterocycles. The predicted octanol–water partition coefficient (Wildman–Crippen LogP) is -0.130. The molecule has 0 amide bonds. The van der Waals surface area contributed by atoms with Gasteiger partial charge in [0.15, 0.2) is 6.29 Å². The van der Waals surface area contributed by atoms with E-state index in [0.29, 0.717) is 12.0 Å². The molecule has 0 fully saturated rings. The summed E-state index contributed by atoms with van der Waals surface area (Å²) in [6.45, 7) is 0. The molecule has 0 N–H and O–H groups in total. The van der Waals surface area contributed by atoms with Gasteiger partial charge in [-0.25, -0.2) is 14.6 Å². The van der Waals surface area contributed by atoms with Crippen molar-refractivity contribution in [2.24, 2.45) is 0 Å². The minimum atomic E-state index is 0.281. The highest BCUT2D eigenvalue weighted by Gasteiger charge is 2.00. The second-order valence-corrected chi connectivity index (χ2v) is 2.30. The standard InChI is InChI=1S/C7H5N5O/c13-4-6-3-12(11-10-6)7-1-8-5-9-2-7/h1-5H. The molecule has 2 aromatic heterocycles. The van der Waals surface area contributed by atoms with Crippen LogP contribution in [0.15, 0.2) is 24.9 Å². The van der Waals surface area contributed by atoms with Gasteiger partial charge in [0, 0.05) is 0 Å². The summed E-state index contributed by atoms with van der Waals surface area (Å²) >= 11 is 0. The van der Waals surface area contributed by atoms with E-state index < -0.39 is 0 Å². The van der Waals surface area contributed by atoms with Gasteiger partial charge in [0.25, 0.3) is 0 Å². The predicted molar refractivity (Wildman–Crippen MR) is 42.3 cm³/mol. The summed E-state index contributed by atoms with van der Waals surface area (Å²) in [6, 6.07) is 0. The van der Waals surface area contributed by atoms with E-state index in [1.54, 1.807) is 12.4 Å². The summed E-state index contributed by atoms with van der Waals surface area (Å²) in [5.74, 6) is 0. The Labute approximate surface area is 73.2 Å². The minimum absolute atomic E-state index is 0.281. The van der Waals surface area contributed by atoms with Crippen LogP contribution in [0.1, 0.15) is 10.5 Å². The van der Waals surface area contributed by atoms with Gasteiger partial charge in [-0.3, -0.25) is 4.79 Å². The molecule has 2 aromatic rings. The minimum Gasteiger partial charge on any atom is -0.296 e. The molecule has 0 unspecified atom stereocenters. The largest absolute Gasteiger partial charge is 0.296 e. The summed E-state index contributed by atoms with van der Waals surface area (Å²) in [4.78, 5) is 17.9. The molecule has 0 bridgehead atoms. The van der Waals surface area contributed by atoms with E-state index in [1.807, 2.05) is 0 Å². The number of aromatic nitrogens is 5. The lowest BCUT2D eigenvalue weighted by Crippen LogP contribution is -1.95. The van der Waals surface area contributed by atoms with Gasteiger partial charge in [-0.1, -0.05) is 5.21 Å². The summed E-state index contributed by atoms with van der Waals surface area (Å²) in [7, 11) is 0. The molecule has 6 heteroatoms. The maximum atomic E-state index is 10.3. The van der Waals surface area contributed by atoms with Crippen LogP contribution in [0.2, 0.25) is 0 Å². The summed E-state index contributed by atoms with van der Waals surface area (Å²) in [5.41, 5.74) is 0.951. The zero-order valence-electron chi connectivity index (χ0n) is 6.53. The Morgan fingerprint density at radius 3 is 2.69 bits per heavy atom. The smallest absolute Gasteiger partial charge is 0.171 e. The first kappa shape index (κ1) is 7.53. The molecule has 13 heavy (non-hydrogen) atoms. The van der Waals surface area contributed by atoms with Crippen LogP contribution in [-0.4, -0.2) is 31.2 Å². The molecule has 0 aliphatic heterocycles. The lowest BCUT2D eigenvalue weighted by Gasteiger charge is -1.94. The van der Waals surface area contributed by atoms with Crippen molar-refractivity contribution >= 4 is 6.29 Å². The molecule has 0 radical (unpaired) electrons. The van der Waals surface area contributed by atoms with Crippen molar-refractivity contribution in [3.05, 3.63) is 30.6 Å². The molecule has 0 aliphatic carbocycles. The van der Waals surface area contributed by atoms with Crippen molar-refractivity contribution < 1.29 is 4.79 Å². The fraction of sp³-hybridized carbons (Fsp3) is 0. The zero-order valence-corrected chi connectivity index (χ0v) is 6.53. The molecule has 0 saturated heterocycles. The Kier molecular flexibility index (Phi) is 1.79. The molecule has 64 valence electrons. The number of rotatable bonds is 2. The second-order valence-electron chi connectivity index (χ2n) is 2.30. The molecular formula is C7H5N5O. The van der Waals surface area contributed by atoms with Crippen LogP contribution in [-0.2, 0) is 0 Å². The van der Waals surface area contributed by atoms with Crippen molar-refractivity contribution in [2.45, 2.75) is 0 Å². The topological polar surface area (TPSA) is 73.6 Å². The molecule has 2 rings (SSSR count). The van der Waals surface area contributed by atoms with Crippen molar-refractivity contribution in [3.63, 3.8) is 0 Å².